The number of amides is 1. The van der Waals surface area contributed by atoms with E-state index in [1.165, 1.54) is 31.4 Å². The summed E-state index contributed by atoms with van der Waals surface area (Å²) in [4.78, 5) is 19.0. The number of carbonyl (C=O) groups excluding carboxylic acids is 1. The van der Waals surface area contributed by atoms with Crippen LogP contribution in [0.25, 0.3) is 27.9 Å². The maximum Gasteiger partial charge on any atom is 0.405 e. The molecule has 7 nitrogen and oxygen atoms in total. The van der Waals surface area contributed by atoms with Crippen molar-refractivity contribution < 1.29 is 22.7 Å². The Morgan fingerprint density at radius 2 is 1.63 bits per heavy atom. The van der Waals surface area contributed by atoms with Crippen LogP contribution >= 0.6 is 0 Å². The van der Waals surface area contributed by atoms with Gasteiger partial charge in [0, 0.05) is 35.6 Å². The van der Waals surface area contributed by atoms with Gasteiger partial charge < -0.3 is 10.1 Å². The number of piperidine rings is 1. The van der Waals surface area contributed by atoms with Crippen LogP contribution in [0.1, 0.15) is 29.6 Å². The SMILES string of the molecule is O=C(NCC(F)(F)F)c1ccc(-c2cnn3cc(-c4ccc(OCCN5CCCCC5)cc4)cnc23)cc1. The van der Waals surface area contributed by atoms with E-state index in [9.17, 15) is 18.0 Å². The van der Waals surface area contributed by atoms with Gasteiger partial charge in [-0.05, 0) is 61.3 Å². The van der Waals surface area contributed by atoms with Crippen LogP contribution < -0.4 is 10.1 Å². The first kappa shape index (κ1) is 25.7. The molecular weight excluding hydrogens is 495 g/mol. The summed E-state index contributed by atoms with van der Waals surface area (Å²) < 4.78 is 44.7. The Bertz CT molecular complexity index is 1380. The minimum absolute atomic E-state index is 0.142. The van der Waals surface area contributed by atoms with Crippen molar-refractivity contribution in [3.8, 4) is 28.0 Å². The molecular formula is C28H28F3N5O2. The Balaban J connectivity index is 1.23. The van der Waals surface area contributed by atoms with Crippen LogP contribution in [0, 0.1) is 0 Å². The minimum Gasteiger partial charge on any atom is -0.492 e. The quantitative estimate of drug-likeness (QED) is 0.343. The van der Waals surface area contributed by atoms with Crippen LogP contribution in [0.15, 0.2) is 67.1 Å². The highest BCUT2D eigenvalue weighted by atomic mass is 19.4. The second kappa shape index (κ2) is 11.2. The van der Waals surface area contributed by atoms with Gasteiger partial charge in [-0.2, -0.15) is 18.3 Å². The zero-order valence-electron chi connectivity index (χ0n) is 20.7. The Labute approximate surface area is 218 Å². The number of aromatic nitrogens is 3. The van der Waals surface area contributed by atoms with E-state index in [1.807, 2.05) is 35.8 Å². The molecule has 0 unspecified atom stereocenters. The van der Waals surface area contributed by atoms with E-state index in [2.05, 4.69) is 15.0 Å². The van der Waals surface area contributed by atoms with E-state index in [0.29, 0.717) is 12.3 Å². The van der Waals surface area contributed by atoms with Crippen LogP contribution in [-0.2, 0) is 0 Å². The summed E-state index contributed by atoms with van der Waals surface area (Å²) in [6.45, 7) is 2.55. The van der Waals surface area contributed by atoms with E-state index >= 15 is 0 Å². The van der Waals surface area contributed by atoms with Gasteiger partial charge in [0.05, 0.1) is 6.20 Å². The molecule has 1 amide bonds. The molecule has 198 valence electrons. The third-order valence-corrected chi connectivity index (χ3v) is 6.58. The van der Waals surface area contributed by atoms with Crippen molar-refractivity contribution in [2.45, 2.75) is 25.4 Å². The second-order valence-electron chi connectivity index (χ2n) is 9.32. The second-order valence-corrected chi connectivity index (χ2v) is 9.32. The Morgan fingerprint density at radius 1 is 0.921 bits per heavy atom. The van der Waals surface area contributed by atoms with Gasteiger partial charge in [-0.1, -0.05) is 30.7 Å². The van der Waals surface area contributed by atoms with Crippen LogP contribution in [0.4, 0.5) is 13.2 Å². The molecule has 10 heteroatoms. The highest BCUT2D eigenvalue weighted by Gasteiger charge is 2.27. The Hall–Kier alpha value is -3.92. The van der Waals surface area contributed by atoms with Gasteiger partial charge in [-0.15, -0.1) is 0 Å². The van der Waals surface area contributed by atoms with Gasteiger partial charge in [-0.25, -0.2) is 9.50 Å². The highest BCUT2D eigenvalue weighted by Crippen LogP contribution is 2.27. The van der Waals surface area contributed by atoms with Gasteiger partial charge in [0.25, 0.3) is 5.91 Å². The van der Waals surface area contributed by atoms with Crippen LogP contribution in [-0.4, -0.2) is 64.4 Å². The third kappa shape index (κ3) is 6.31. The average Bonchev–Trinajstić information content (AvgIpc) is 3.36. The lowest BCUT2D eigenvalue weighted by Crippen LogP contribution is -2.33. The molecule has 1 aliphatic rings. The molecule has 0 spiro atoms. The van der Waals surface area contributed by atoms with Gasteiger partial charge in [0.2, 0.25) is 0 Å². The number of rotatable bonds is 8. The first-order valence-electron chi connectivity index (χ1n) is 12.6. The molecule has 5 rings (SSSR count). The Kier molecular flexibility index (Phi) is 7.59. The number of hydrogen-bond acceptors (Lipinski definition) is 5. The number of carbonyl (C=O) groups is 1. The summed E-state index contributed by atoms with van der Waals surface area (Å²) in [6.07, 6.45) is 4.73. The number of fused-ring (bicyclic) bond motifs is 1. The van der Waals surface area contributed by atoms with E-state index < -0.39 is 18.6 Å². The van der Waals surface area contributed by atoms with E-state index in [4.69, 9.17) is 4.74 Å². The summed E-state index contributed by atoms with van der Waals surface area (Å²) in [7, 11) is 0. The lowest BCUT2D eigenvalue weighted by Gasteiger charge is -2.26. The lowest BCUT2D eigenvalue weighted by molar-refractivity contribution is -0.123. The van der Waals surface area contributed by atoms with E-state index in [0.717, 1.165) is 47.6 Å². The number of likely N-dealkylation sites (tertiary alicyclic amines) is 1. The Morgan fingerprint density at radius 3 is 2.34 bits per heavy atom. The molecule has 0 saturated carbocycles. The topological polar surface area (TPSA) is 71.8 Å². The van der Waals surface area contributed by atoms with Crippen molar-refractivity contribution in [3.05, 3.63) is 72.7 Å². The van der Waals surface area contributed by atoms with Crippen LogP contribution in [0.2, 0.25) is 0 Å². The minimum atomic E-state index is -4.46. The summed E-state index contributed by atoms with van der Waals surface area (Å²) in [5.74, 6) is 0.0478. The van der Waals surface area contributed by atoms with Gasteiger partial charge in [0.1, 0.15) is 18.9 Å². The molecule has 3 heterocycles. The van der Waals surface area contributed by atoms with E-state index in [-0.39, 0.29) is 5.56 Å². The summed E-state index contributed by atoms with van der Waals surface area (Å²) >= 11 is 0. The first-order valence-corrected chi connectivity index (χ1v) is 12.6. The maximum atomic E-state index is 12.4. The molecule has 1 aliphatic heterocycles. The standard InChI is InChI=1S/C28H28F3N5O2/c29-28(30,31)19-33-27(37)22-6-4-21(5-7-22)25-17-34-36-18-23(16-32-26(25)36)20-8-10-24(11-9-20)38-15-14-35-12-2-1-3-13-35/h4-11,16-18H,1-3,12-15,19H2,(H,33,37). The van der Waals surface area contributed by atoms with Gasteiger partial charge in [0.15, 0.2) is 5.65 Å². The zero-order valence-corrected chi connectivity index (χ0v) is 20.7. The highest BCUT2D eigenvalue weighted by molar-refractivity contribution is 5.95. The fourth-order valence-corrected chi connectivity index (χ4v) is 4.53. The molecule has 38 heavy (non-hydrogen) atoms. The number of alkyl halides is 3. The number of hydrogen-bond donors (Lipinski definition) is 1. The van der Waals surface area contributed by atoms with E-state index in [1.54, 1.807) is 29.0 Å². The molecule has 1 saturated heterocycles. The predicted molar refractivity (Wildman–Crippen MR) is 138 cm³/mol. The van der Waals surface area contributed by atoms with Crippen LogP contribution in [0.5, 0.6) is 5.75 Å². The van der Waals surface area contributed by atoms with Gasteiger partial charge >= 0.3 is 6.18 Å². The monoisotopic (exact) mass is 523 g/mol. The number of benzene rings is 2. The summed E-state index contributed by atoms with van der Waals surface area (Å²) in [6, 6.07) is 14.2. The maximum absolute atomic E-state index is 12.4. The molecule has 1 fully saturated rings. The zero-order chi connectivity index (χ0) is 26.5. The molecule has 0 aliphatic carbocycles. The normalized spacial score (nSPS) is 14.5. The molecule has 0 radical (unpaired) electrons. The van der Waals surface area contributed by atoms with Crippen molar-refractivity contribution in [2.24, 2.45) is 0 Å². The molecule has 0 bridgehead atoms. The fourth-order valence-electron chi connectivity index (χ4n) is 4.53. The molecule has 0 atom stereocenters. The number of nitrogens with zero attached hydrogens (tertiary/aromatic N) is 4. The van der Waals surface area contributed by atoms with Crippen molar-refractivity contribution in [1.29, 1.82) is 0 Å². The molecule has 1 N–H and O–H groups in total. The number of nitrogens with one attached hydrogen (secondary N) is 1. The first-order chi connectivity index (χ1) is 18.4. The third-order valence-electron chi connectivity index (χ3n) is 6.58. The van der Waals surface area contributed by atoms with Crippen LogP contribution in [0.3, 0.4) is 0 Å². The molecule has 2 aromatic heterocycles. The number of ether oxygens (including phenoxy) is 1. The van der Waals surface area contributed by atoms with Crippen molar-refractivity contribution in [3.63, 3.8) is 0 Å². The van der Waals surface area contributed by atoms with Crippen molar-refractivity contribution >= 4 is 11.6 Å². The number of halogens is 3. The summed E-state index contributed by atoms with van der Waals surface area (Å²) in [5.41, 5.74) is 4.14. The van der Waals surface area contributed by atoms with Gasteiger partial charge in [-0.3, -0.25) is 9.69 Å². The summed E-state index contributed by atoms with van der Waals surface area (Å²) in [5, 5.41) is 6.29. The van der Waals surface area contributed by atoms with Crippen molar-refractivity contribution in [2.75, 3.05) is 32.8 Å². The lowest BCUT2D eigenvalue weighted by atomic mass is 10.1. The van der Waals surface area contributed by atoms with Crippen molar-refractivity contribution in [1.82, 2.24) is 24.8 Å². The molecule has 2 aromatic carbocycles. The largest absolute Gasteiger partial charge is 0.492 e. The average molecular weight is 524 g/mol. The predicted octanol–water partition coefficient (Wildman–Crippen LogP) is 5.22. The molecule has 4 aromatic rings. The smallest absolute Gasteiger partial charge is 0.405 e. The fraction of sp³-hybridized carbons (Fsp3) is 0.321.